The maximum absolute atomic E-state index is 12.5. The van der Waals surface area contributed by atoms with Gasteiger partial charge in [-0.2, -0.15) is 0 Å². The van der Waals surface area contributed by atoms with Crippen molar-refractivity contribution in [2.24, 2.45) is 0 Å². The van der Waals surface area contributed by atoms with E-state index in [0.717, 1.165) is 35.1 Å². The fourth-order valence-corrected chi connectivity index (χ4v) is 4.54. The molecule has 0 atom stereocenters. The van der Waals surface area contributed by atoms with Gasteiger partial charge in [-0.05, 0) is 30.7 Å². The Kier molecular flexibility index (Phi) is 6.03. The van der Waals surface area contributed by atoms with Crippen LogP contribution >= 0.6 is 31.6 Å². The molecule has 2 heterocycles. The predicted molar refractivity (Wildman–Crippen MR) is 113 cm³/mol. The number of benzene rings is 1. The summed E-state index contributed by atoms with van der Waals surface area (Å²) in [6.45, 7) is 2.86. The Morgan fingerprint density at radius 1 is 1.26 bits per heavy atom. The van der Waals surface area contributed by atoms with Crippen molar-refractivity contribution < 1.29 is 19.1 Å². The largest absolute Gasteiger partial charge is 0.348 e. The molecule has 2 aliphatic rings. The first-order valence-electron chi connectivity index (χ1n) is 8.34. The number of amides is 1. The third-order valence-electron chi connectivity index (χ3n) is 4.20. The van der Waals surface area contributed by atoms with E-state index in [0.29, 0.717) is 9.23 Å². The lowest BCUT2D eigenvalue weighted by Gasteiger charge is -2.26. The molecule has 0 aliphatic carbocycles. The molecule has 2 aliphatic heterocycles. The Morgan fingerprint density at radius 3 is 2.70 bits per heavy atom. The van der Waals surface area contributed by atoms with E-state index in [9.17, 15) is 9.36 Å². The Hall–Kier alpha value is -1.70. The van der Waals surface area contributed by atoms with Crippen LogP contribution in [0.3, 0.4) is 0 Å². The summed E-state index contributed by atoms with van der Waals surface area (Å²) in [7, 11) is -4.18. The van der Waals surface area contributed by atoms with E-state index < -0.39 is 13.8 Å². The normalized spacial score (nSPS) is 20.1. The van der Waals surface area contributed by atoms with Gasteiger partial charge in [0.25, 0.3) is 5.91 Å². The lowest BCUT2D eigenvalue weighted by atomic mass is 9.99. The first kappa shape index (κ1) is 20.0. The lowest BCUT2D eigenvalue weighted by molar-refractivity contribution is -0.122. The molecule has 0 aromatic heterocycles. The summed E-state index contributed by atoms with van der Waals surface area (Å²) in [4.78, 5) is 34.4. The summed E-state index contributed by atoms with van der Waals surface area (Å²) in [6.07, 6.45) is 7.19. The number of thiocarbonyl (C=S) groups is 1. The van der Waals surface area contributed by atoms with Crippen molar-refractivity contribution >= 4 is 53.1 Å². The highest BCUT2D eigenvalue weighted by Gasteiger charge is 2.32. The molecule has 27 heavy (non-hydrogen) atoms. The number of rotatable bonds is 5. The van der Waals surface area contributed by atoms with Crippen LogP contribution in [0, 0.1) is 0 Å². The molecule has 0 radical (unpaired) electrons. The van der Waals surface area contributed by atoms with Gasteiger partial charge in [0.05, 0.1) is 11.1 Å². The van der Waals surface area contributed by atoms with Gasteiger partial charge in [0.2, 0.25) is 0 Å². The number of carbonyl (C=O) groups excluding carboxylic acids is 1. The van der Waals surface area contributed by atoms with Crippen molar-refractivity contribution in [3.05, 3.63) is 59.2 Å². The number of hydrogen-bond donors (Lipinski definition) is 2. The molecule has 142 valence electrons. The molecular formula is C18H19N2O4PS2. The van der Waals surface area contributed by atoms with E-state index >= 15 is 0 Å². The standard InChI is InChI=1S/C18H19N2O4PS2/c1-2-19-10-9-13(14-5-3-4-6-15(14)19)7-8-16-17(21)20(18(26)27-16)11-12-25(22,23)24/h3-10H,2,11-12H2,1H3,(H2,22,23,24)/b13-7+,16-8-. The zero-order valence-electron chi connectivity index (χ0n) is 14.6. The lowest BCUT2D eigenvalue weighted by Crippen LogP contribution is -2.30. The molecule has 0 bridgehead atoms. The minimum absolute atomic E-state index is 0.0863. The van der Waals surface area contributed by atoms with Crippen LogP contribution in [-0.4, -0.2) is 44.2 Å². The summed E-state index contributed by atoms with van der Waals surface area (Å²) in [6, 6.07) is 8.05. The van der Waals surface area contributed by atoms with Crippen molar-refractivity contribution in [1.82, 2.24) is 4.90 Å². The molecule has 1 amide bonds. The first-order valence-corrected chi connectivity index (χ1v) is 11.4. The number of thioether (sulfide) groups is 1. The van der Waals surface area contributed by atoms with Crippen molar-refractivity contribution in [2.45, 2.75) is 6.92 Å². The Balaban J connectivity index is 1.83. The van der Waals surface area contributed by atoms with Gasteiger partial charge < -0.3 is 14.7 Å². The number of para-hydroxylation sites is 1. The summed E-state index contributed by atoms with van der Waals surface area (Å²) in [5, 5.41) is 0. The monoisotopic (exact) mass is 422 g/mol. The zero-order chi connectivity index (χ0) is 19.6. The van der Waals surface area contributed by atoms with Gasteiger partial charge in [-0.3, -0.25) is 14.3 Å². The molecule has 2 N–H and O–H groups in total. The Labute approximate surface area is 167 Å². The van der Waals surface area contributed by atoms with Gasteiger partial charge in [0.15, 0.2) is 0 Å². The minimum Gasteiger partial charge on any atom is -0.348 e. The molecule has 1 saturated heterocycles. The highest BCUT2D eigenvalue weighted by Crippen LogP contribution is 2.37. The van der Waals surface area contributed by atoms with Crippen LogP contribution in [0.5, 0.6) is 0 Å². The van der Waals surface area contributed by atoms with Gasteiger partial charge in [-0.25, -0.2) is 0 Å². The second kappa shape index (κ2) is 8.12. The second-order valence-electron chi connectivity index (χ2n) is 5.98. The molecular weight excluding hydrogens is 403 g/mol. The third-order valence-corrected chi connectivity index (χ3v) is 6.38. The molecule has 0 saturated carbocycles. The quantitative estimate of drug-likeness (QED) is 0.428. The summed E-state index contributed by atoms with van der Waals surface area (Å²) < 4.78 is 11.4. The molecule has 0 unspecified atom stereocenters. The van der Waals surface area contributed by atoms with Gasteiger partial charge >= 0.3 is 7.60 Å². The minimum atomic E-state index is -4.18. The molecule has 1 aromatic rings. The number of hydrogen-bond acceptors (Lipinski definition) is 5. The molecule has 6 nitrogen and oxygen atoms in total. The topological polar surface area (TPSA) is 81.1 Å². The van der Waals surface area contributed by atoms with Crippen LogP contribution in [0.2, 0.25) is 0 Å². The number of anilines is 1. The summed E-state index contributed by atoms with van der Waals surface area (Å²) >= 11 is 6.32. The number of nitrogens with zero attached hydrogens (tertiary/aromatic N) is 2. The molecule has 1 aromatic carbocycles. The smallest absolute Gasteiger partial charge is 0.327 e. The van der Waals surface area contributed by atoms with Crippen LogP contribution in [-0.2, 0) is 9.36 Å². The maximum Gasteiger partial charge on any atom is 0.327 e. The van der Waals surface area contributed by atoms with Crippen LogP contribution < -0.4 is 4.90 Å². The molecule has 1 fully saturated rings. The second-order valence-corrected chi connectivity index (χ2v) is 9.44. The van der Waals surface area contributed by atoms with E-state index in [4.69, 9.17) is 22.0 Å². The van der Waals surface area contributed by atoms with Gasteiger partial charge in [-0.1, -0.05) is 48.3 Å². The van der Waals surface area contributed by atoms with E-state index in [2.05, 4.69) is 17.9 Å². The van der Waals surface area contributed by atoms with Crippen LogP contribution in [0.4, 0.5) is 5.69 Å². The van der Waals surface area contributed by atoms with Crippen molar-refractivity contribution in [3.8, 4) is 0 Å². The number of carbonyl (C=O) groups is 1. The van der Waals surface area contributed by atoms with Crippen LogP contribution in [0.1, 0.15) is 12.5 Å². The van der Waals surface area contributed by atoms with E-state index in [1.165, 1.54) is 4.90 Å². The van der Waals surface area contributed by atoms with E-state index in [-0.39, 0.29) is 12.5 Å². The molecule has 9 heteroatoms. The summed E-state index contributed by atoms with van der Waals surface area (Å²) in [5.74, 6) is -0.321. The predicted octanol–water partition coefficient (Wildman–Crippen LogP) is 3.35. The average molecular weight is 422 g/mol. The van der Waals surface area contributed by atoms with Crippen LogP contribution in [0.25, 0.3) is 5.57 Å². The SMILES string of the molecule is CCN1C=C/C(=C\C=C2/SC(=S)N(CCP(=O)(O)O)C2=O)c2ccccc21. The van der Waals surface area contributed by atoms with Crippen LogP contribution in [0.15, 0.2) is 53.6 Å². The first-order chi connectivity index (χ1) is 12.8. The fraction of sp³-hybridized carbons (Fsp3) is 0.222. The average Bonchev–Trinajstić information content (AvgIpc) is 2.90. The Bertz CT molecular complexity index is 920. The van der Waals surface area contributed by atoms with Crippen molar-refractivity contribution in [1.29, 1.82) is 0 Å². The van der Waals surface area contributed by atoms with Gasteiger partial charge in [-0.15, -0.1) is 0 Å². The highest BCUT2D eigenvalue weighted by atomic mass is 32.2. The summed E-state index contributed by atoms with van der Waals surface area (Å²) in [5.41, 5.74) is 3.17. The maximum atomic E-state index is 12.5. The highest BCUT2D eigenvalue weighted by molar-refractivity contribution is 8.26. The Morgan fingerprint density at radius 2 is 2.00 bits per heavy atom. The zero-order valence-corrected chi connectivity index (χ0v) is 17.1. The van der Waals surface area contributed by atoms with Gasteiger partial charge in [0, 0.05) is 30.5 Å². The molecule has 0 spiro atoms. The molecule has 3 rings (SSSR count). The van der Waals surface area contributed by atoms with Crippen molar-refractivity contribution in [3.63, 3.8) is 0 Å². The van der Waals surface area contributed by atoms with Crippen molar-refractivity contribution in [2.75, 3.05) is 24.2 Å². The number of fused-ring (bicyclic) bond motifs is 1. The van der Waals surface area contributed by atoms with E-state index in [1.807, 2.05) is 36.6 Å². The van der Waals surface area contributed by atoms with Gasteiger partial charge in [0.1, 0.15) is 4.32 Å². The number of allylic oxidation sites excluding steroid dienone is 4. The third kappa shape index (κ3) is 4.59. The van der Waals surface area contributed by atoms with E-state index in [1.54, 1.807) is 6.08 Å². The fourth-order valence-electron chi connectivity index (χ4n) is 2.83.